The fourth-order valence-corrected chi connectivity index (χ4v) is 0.863. The van der Waals surface area contributed by atoms with Crippen LogP contribution in [0.3, 0.4) is 0 Å². The van der Waals surface area contributed by atoms with Gasteiger partial charge in [0.05, 0.1) is 6.54 Å². The molecule has 0 spiro atoms. The highest BCUT2D eigenvalue weighted by atomic mass is 16.2. The van der Waals surface area contributed by atoms with Gasteiger partial charge in [-0.15, -0.1) is 0 Å². The van der Waals surface area contributed by atoms with Crippen molar-refractivity contribution < 1.29 is 9.59 Å². The van der Waals surface area contributed by atoms with Gasteiger partial charge in [-0.1, -0.05) is 6.08 Å². The molecule has 4 N–H and O–H groups in total. The molecule has 1 aliphatic heterocycles. The molecule has 12 heavy (non-hydrogen) atoms. The number of allylic oxidation sites excluding steroid dienone is 2. The zero-order chi connectivity index (χ0) is 9.14. The summed E-state index contributed by atoms with van der Waals surface area (Å²) in [5.41, 5.74) is 10.4. The minimum absolute atomic E-state index is 0.154. The van der Waals surface area contributed by atoms with E-state index >= 15 is 0 Å². The zero-order valence-corrected chi connectivity index (χ0v) is 6.36. The molecule has 5 nitrogen and oxygen atoms in total. The highest BCUT2D eigenvalue weighted by Crippen LogP contribution is 2.05. The van der Waals surface area contributed by atoms with Gasteiger partial charge in [0.25, 0.3) is 0 Å². The Kier molecular flexibility index (Phi) is 2.14. The van der Waals surface area contributed by atoms with Crippen molar-refractivity contribution in [3.8, 4) is 0 Å². The van der Waals surface area contributed by atoms with Crippen molar-refractivity contribution in [1.82, 2.24) is 4.90 Å². The monoisotopic (exact) mass is 167 g/mol. The number of urea groups is 1. The summed E-state index contributed by atoms with van der Waals surface area (Å²) in [6.07, 6.45) is 4.60. The van der Waals surface area contributed by atoms with Crippen molar-refractivity contribution in [1.29, 1.82) is 0 Å². The second-order valence-electron chi connectivity index (χ2n) is 2.36. The molecule has 0 bridgehead atoms. The topological polar surface area (TPSA) is 89.4 Å². The molecule has 0 saturated carbocycles. The van der Waals surface area contributed by atoms with Gasteiger partial charge in [0, 0.05) is 11.8 Å². The molecule has 0 unspecified atom stereocenters. The smallest absolute Gasteiger partial charge is 0.319 e. The Morgan fingerprint density at radius 3 is 2.58 bits per heavy atom. The summed E-state index contributed by atoms with van der Waals surface area (Å²) in [5.74, 6) is -0.536. The number of carbonyl (C=O) groups excluding carboxylic acids is 2. The Morgan fingerprint density at radius 1 is 1.42 bits per heavy atom. The SMILES string of the molecule is NC(=O)C1=CC=CN(C(N)=O)C1. The van der Waals surface area contributed by atoms with Crippen LogP contribution in [0.15, 0.2) is 23.9 Å². The summed E-state index contributed by atoms with van der Waals surface area (Å²) < 4.78 is 0. The molecule has 0 aromatic carbocycles. The van der Waals surface area contributed by atoms with E-state index in [1.807, 2.05) is 0 Å². The van der Waals surface area contributed by atoms with Crippen LogP contribution in [0.4, 0.5) is 4.79 Å². The first-order valence-corrected chi connectivity index (χ1v) is 3.34. The Balaban J connectivity index is 2.74. The molecule has 1 heterocycles. The Hall–Kier alpha value is -1.78. The first-order valence-electron chi connectivity index (χ1n) is 3.34. The summed E-state index contributed by atoms with van der Waals surface area (Å²) in [4.78, 5) is 22.5. The molecule has 0 aromatic rings. The molecule has 64 valence electrons. The molecule has 0 atom stereocenters. The minimum Gasteiger partial charge on any atom is -0.366 e. The third-order valence-electron chi connectivity index (χ3n) is 1.50. The van der Waals surface area contributed by atoms with Crippen molar-refractivity contribution in [2.24, 2.45) is 11.5 Å². The van der Waals surface area contributed by atoms with Crippen LogP contribution < -0.4 is 11.5 Å². The molecular formula is C7H9N3O2. The van der Waals surface area contributed by atoms with E-state index in [4.69, 9.17) is 11.5 Å². The average Bonchev–Trinajstić information content (AvgIpc) is 2.04. The number of primary amides is 2. The lowest BCUT2D eigenvalue weighted by atomic mass is 10.2. The first kappa shape index (κ1) is 8.32. The Morgan fingerprint density at radius 2 is 2.08 bits per heavy atom. The van der Waals surface area contributed by atoms with Crippen LogP contribution in [0.1, 0.15) is 0 Å². The maximum absolute atomic E-state index is 10.7. The molecular weight excluding hydrogens is 158 g/mol. The maximum atomic E-state index is 10.7. The van der Waals surface area contributed by atoms with Crippen LogP contribution in [0.25, 0.3) is 0 Å². The lowest BCUT2D eigenvalue weighted by Crippen LogP contribution is -2.36. The van der Waals surface area contributed by atoms with E-state index in [9.17, 15) is 9.59 Å². The minimum atomic E-state index is -0.599. The molecule has 0 aliphatic carbocycles. The van der Waals surface area contributed by atoms with Crippen LogP contribution in [0.2, 0.25) is 0 Å². The summed E-state index contributed by atoms with van der Waals surface area (Å²) in [6, 6.07) is -0.599. The molecule has 0 fully saturated rings. The standard InChI is InChI=1S/C7H9N3O2/c8-6(11)5-2-1-3-10(4-5)7(9)12/h1-3H,4H2,(H2,8,11)(H2,9,12). The van der Waals surface area contributed by atoms with Crippen LogP contribution in [0.5, 0.6) is 0 Å². The number of nitrogens with two attached hydrogens (primary N) is 2. The van der Waals surface area contributed by atoms with Gasteiger partial charge in [0.1, 0.15) is 0 Å². The van der Waals surface area contributed by atoms with Crippen LogP contribution in [-0.4, -0.2) is 23.4 Å². The Bertz CT molecular complexity index is 280. The zero-order valence-electron chi connectivity index (χ0n) is 6.36. The first-order chi connectivity index (χ1) is 5.61. The molecule has 0 saturated heterocycles. The molecule has 0 aromatic heterocycles. The fraction of sp³-hybridized carbons (Fsp3) is 0.143. The van der Waals surface area contributed by atoms with E-state index < -0.39 is 11.9 Å². The molecule has 1 rings (SSSR count). The van der Waals surface area contributed by atoms with E-state index in [2.05, 4.69) is 0 Å². The third-order valence-corrected chi connectivity index (χ3v) is 1.50. The van der Waals surface area contributed by atoms with Crippen molar-refractivity contribution in [2.75, 3.05) is 6.54 Å². The highest BCUT2D eigenvalue weighted by Gasteiger charge is 2.14. The van der Waals surface area contributed by atoms with E-state index in [0.717, 1.165) is 0 Å². The summed E-state index contributed by atoms with van der Waals surface area (Å²) >= 11 is 0. The number of nitrogens with zero attached hydrogens (tertiary/aromatic N) is 1. The van der Waals surface area contributed by atoms with Crippen LogP contribution in [-0.2, 0) is 4.79 Å². The van der Waals surface area contributed by atoms with Gasteiger partial charge in [-0.25, -0.2) is 4.79 Å². The largest absolute Gasteiger partial charge is 0.366 e. The second-order valence-corrected chi connectivity index (χ2v) is 2.36. The van der Waals surface area contributed by atoms with Gasteiger partial charge in [0.2, 0.25) is 5.91 Å². The second kappa shape index (κ2) is 3.08. The Labute approximate surface area is 69.3 Å². The van der Waals surface area contributed by atoms with Gasteiger partial charge in [-0.2, -0.15) is 0 Å². The molecule has 5 heteroatoms. The van der Waals surface area contributed by atoms with Crippen LogP contribution in [0, 0.1) is 0 Å². The van der Waals surface area contributed by atoms with Gasteiger partial charge in [-0.05, 0) is 6.08 Å². The third kappa shape index (κ3) is 1.63. The van der Waals surface area contributed by atoms with Gasteiger partial charge in [-0.3, -0.25) is 9.69 Å². The molecule has 3 amide bonds. The van der Waals surface area contributed by atoms with Crippen molar-refractivity contribution in [2.45, 2.75) is 0 Å². The van der Waals surface area contributed by atoms with Crippen LogP contribution >= 0.6 is 0 Å². The predicted octanol–water partition coefficient (Wildman–Crippen LogP) is -0.694. The van der Waals surface area contributed by atoms with Gasteiger partial charge < -0.3 is 11.5 Å². The summed E-state index contributed by atoms with van der Waals surface area (Å²) in [6.45, 7) is 0.154. The summed E-state index contributed by atoms with van der Waals surface area (Å²) in [7, 11) is 0. The highest BCUT2D eigenvalue weighted by molar-refractivity contribution is 5.93. The number of amides is 3. The number of carbonyl (C=O) groups is 2. The quantitative estimate of drug-likeness (QED) is 0.541. The lowest BCUT2D eigenvalue weighted by Gasteiger charge is -2.18. The number of hydrogen-bond acceptors (Lipinski definition) is 2. The van der Waals surface area contributed by atoms with E-state index in [1.165, 1.54) is 11.1 Å². The van der Waals surface area contributed by atoms with Crippen molar-refractivity contribution in [3.63, 3.8) is 0 Å². The molecule has 0 radical (unpaired) electrons. The number of rotatable bonds is 1. The van der Waals surface area contributed by atoms with Gasteiger partial charge in [0.15, 0.2) is 0 Å². The van der Waals surface area contributed by atoms with E-state index in [0.29, 0.717) is 5.57 Å². The van der Waals surface area contributed by atoms with Gasteiger partial charge >= 0.3 is 6.03 Å². The number of hydrogen-bond donors (Lipinski definition) is 2. The van der Waals surface area contributed by atoms with Crippen molar-refractivity contribution >= 4 is 11.9 Å². The van der Waals surface area contributed by atoms with E-state index in [-0.39, 0.29) is 6.54 Å². The normalized spacial score (nSPS) is 15.7. The van der Waals surface area contributed by atoms with E-state index in [1.54, 1.807) is 12.2 Å². The van der Waals surface area contributed by atoms with Crippen molar-refractivity contribution in [3.05, 3.63) is 23.9 Å². The predicted molar refractivity (Wildman–Crippen MR) is 42.7 cm³/mol. The lowest BCUT2D eigenvalue weighted by molar-refractivity contribution is -0.114. The maximum Gasteiger partial charge on any atom is 0.319 e. The summed E-state index contributed by atoms with van der Waals surface area (Å²) in [5, 5.41) is 0. The molecule has 1 aliphatic rings. The average molecular weight is 167 g/mol. The fourth-order valence-electron chi connectivity index (χ4n) is 0.863.